The quantitative estimate of drug-likeness (QED) is 0.699. The number of sulfonamides is 1. The highest BCUT2D eigenvalue weighted by atomic mass is 32.2. The summed E-state index contributed by atoms with van der Waals surface area (Å²) in [5.74, 6) is 0.211. The van der Waals surface area contributed by atoms with Crippen LogP contribution < -0.4 is 10.5 Å². The second-order valence-corrected chi connectivity index (χ2v) is 8.63. The van der Waals surface area contributed by atoms with E-state index in [1.54, 1.807) is 12.1 Å². The molecule has 0 spiro atoms. The Morgan fingerprint density at radius 3 is 2.57 bits per heavy atom. The summed E-state index contributed by atoms with van der Waals surface area (Å²) in [5, 5.41) is 16.5. The van der Waals surface area contributed by atoms with Crippen molar-refractivity contribution in [3.8, 4) is 0 Å². The second kappa shape index (κ2) is 7.86. The molecule has 124 valence electrons. The first-order valence-corrected chi connectivity index (χ1v) is 10.0. The van der Waals surface area contributed by atoms with Gasteiger partial charge in [0, 0.05) is 6.54 Å². The number of amides is 1. The number of primary sulfonamides is 1. The normalized spacial score (nSPS) is 11.4. The van der Waals surface area contributed by atoms with E-state index in [0.717, 1.165) is 14.9 Å². The largest absolute Gasteiger partial charge is 0.355 e. The zero-order valence-corrected chi connectivity index (χ0v) is 14.8. The van der Waals surface area contributed by atoms with Crippen LogP contribution in [0.5, 0.6) is 0 Å². The topological polar surface area (TPSA) is 115 Å². The van der Waals surface area contributed by atoms with Crippen LogP contribution in [0.25, 0.3) is 0 Å². The summed E-state index contributed by atoms with van der Waals surface area (Å²) in [6.07, 6.45) is 0.610. The molecule has 3 N–H and O–H groups in total. The van der Waals surface area contributed by atoms with Crippen molar-refractivity contribution in [1.29, 1.82) is 0 Å². The number of carbonyl (C=O) groups is 1. The van der Waals surface area contributed by atoms with Gasteiger partial charge in [0.15, 0.2) is 4.34 Å². The van der Waals surface area contributed by atoms with Gasteiger partial charge in [-0.3, -0.25) is 4.79 Å². The van der Waals surface area contributed by atoms with Crippen LogP contribution in [0.4, 0.5) is 0 Å². The van der Waals surface area contributed by atoms with E-state index in [9.17, 15) is 13.2 Å². The van der Waals surface area contributed by atoms with E-state index >= 15 is 0 Å². The van der Waals surface area contributed by atoms with Crippen LogP contribution >= 0.6 is 23.1 Å². The summed E-state index contributed by atoms with van der Waals surface area (Å²) in [6, 6.07) is 6.29. The smallest absolute Gasteiger partial charge is 0.238 e. The molecule has 0 saturated heterocycles. The molecular formula is C13H16N4O3S3. The van der Waals surface area contributed by atoms with E-state index in [0.29, 0.717) is 18.7 Å². The minimum atomic E-state index is -3.67. The SMILES string of the molecule is Cc1nnc(SCC(=O)NCCc2ccc(S(N)(=O)=O)cc2)s1. The predicted octanol–water partition coefficient (Wildman–Crippen LogP) is 0.945. The van der Waals surface area contributed by atoms with Gasteiger partial charge in [-0.15, -0.1) is 10.2 Å². The highest BCUT2D eigenvalue weighted by Gasteiger charge is 2.08. The molecule has 1 heterocycles. The molecule has 7 nitrogen and oxygen atoms in total. The van der Waals surface area contributed by atoms with Crippen molar-refractivity contribution in [2.75, 3.05) is 12.3 Å². The summed E-state index contributed by atoms with van der Waals surface area (Å²) in [7, 11) is -3.67. The Morgan fingerprint density at radius 2 is 2.00 bits per heavy atom. The lowest BCUT2D eigenvalue weighted by Crippen LogP contribution is -2.27. The van der Waals surface area contributed by atoms with Gasteiger partial charge >= 0.3 is 0 Å². The van der Waals surface area contributed by atoms with Crippen molar-refractivity contribution in [1.82, 2.24) is 15.5 Å². The van der Waals surface area contributed by atoms with Gasteiger partial charge in [0.2, 0.25) is 15.9 Å². The van der Waals surface area contributed by atoms with Crippen LogP contribution in [-0.4, -0.2) is 36.8 Å². The number of aromatic nitrogens is 2. The Kier molecular flexibility index (Phi) is 6.10. The van der Waals surface area contributed by atoms with Gasteiger partial charge in [0.1, 0.15) is 5.01 Å². The Morgan fingerprint density at radius 1 is 1.30 bits per heavy atom. The van der Waals surface area contributed by atoms with Gasteiger partial charge in [0.25, 0.3) is 0 Å². The predicted molar refractivity (Wildman–Crippen MR) is 89.9 cm³/mol. The molecule has 1 amide bonds. The van der Waals surface area contributed by atoms with Crippen molar-refractivity contribution in [2.45, 2.75) is 22.6 Å². The second-order valence-electron chi connectivity index (χ2n) is 4.66. The number of nitrogens with two attached hydrogens (primary N) is 1. The number of hydrogen-bond donors (Lipinski definition) is 2. The first-order chi connectivity index (χ1) is 10.8. The molecule has 23 heavy (non-hydrogen) atoms. The fourth-order valence-corrected chi connectivity index (χ4v) is 3.87. The average Bonchev–Trinajstić information content (AvgIpc) is 2.90. The fraction of sp³-hybridized carbons (Fsp3) is 0.308. The molecule has 0 radical (unpaired) electrons. The number of nitrogens with one attached hydrogen (secondary N) is 1. The Hall–Kier alpha value is -1.49. The first-order valence-electron chi connectivity index (χ1n) is 6.66. The van der Waals surface area contributed by atoms with Crippen molar-refractivity contribution in [3.63, 3.8) is 0 Å². The molecule has 0 aliphatic heterocycles. The molecule has 0 unspecified atom stereocenters. The zero-order chi connectivity index (χ0) is 16.9. The molecule has 2 rings (SSSR count). The van der Waals surface area contributed by atoms with E-state index in [2.05, 4.69) is 15.5 Å². The van der Waals surface area contributed by atoms with Crippen molar-refractivity contribution < 1.29 is 13.2 Å². The lowest BCUT2D eigenvalue weighted by atomic mass is 10.1. The maximum Gasteiger partial charge on any atom is 0.238 e. The summed E-state index contributed by atoms with van der Waals surface area (Å²) in [6.45, 7) is 2.34. The summed E-state index contributed by atoms with van der Waals surface area (Å²) < 4.78 is 23.1. The van der Waals surface area contributed by atoms with Crippen molar-refractivity contribution in [2.24, 2.45) is 5.14 Å². The molecule has 10 heteroatoms. The van der Waals surface area contributed by atoms with Gasteiger partial charge in [-0.25, -0.2) is 13.6 Å². The van der Waals surface area contributed by atoms with E-state index in [1.165, 1.54) is 35.2 Å². The summed E-state index contributed by atoms with van der Waals surface area (Å²) in [5.41, 5.74) is 0.921. The third kappa shape index (κ3) is 5.90. The van der Waals surface area contributed by atoms with E-state index < -0.39 is 10.0 Å². The third-order valence-electron chi connectivity index (χ3n) is 2.82. The van der Waals surface area contributed by atoms with Gasteiger partial charge < -0.3 is 5.32 Å². The number of nitrogens with zero attached hydrogens (tertiary/aromatic N) is 2. The van der Waals surface area contributed by atoms with Crippen LogP contribution in [0.2, 0.25) is 0 Å². The lowest BCUT2D eigenvalue weighted by molar-refractivity contribution is -0.118. The molecule has 1 aromatic heterocycles. The number of benzene rings is 1. The highest BCUT2D eigenvalue weighted by molar-refractivity contribution is 8.01. The molecule has 2 aromatic rings. The molecule has 0 aliphatic carbocycles. The van der Waals surface area contributed by atoms with Crippen LogP contribution in [-0.2, 0) is 21.2 Å². The molecule has 0 fully saturated rings. The zero-order valence-electron chi connectivity index (χ0n) is 12.4. The standard InChI is InChI=1S/C13H16N4O3S3/c1-9-16-17-13(22-9)21-8-12(18)15-7-6-10-2-4-11(5-3-10)23(14,19)20/h2-5H,6-8H2,1H3,(H,15,18)(H2,14,19,20). The number of aryl methyl sites for hydroxylation is 1. The molecule has 1 aromatic carbocycles. The summed E-state index contributed by atoms with van der Waals surface area (Å²) in [4.78, 5) is 11.8. The van der Waals surface area contributed by atoms with E-state index in [1.807, 2.05) is 6.92 Å². The highest BCUT2D eigenvalue weighted by Crippen LogP contribution is 2.21. The minimum absolute atomic E-state index is 0.0778. The van der Waals surface area contributed by atoms with Crippen LogP contribution in [0.3, 0.4) is 0 Å². The third-order valence-corrected chi connectivity index (χ3v) is 5.72. The Labute approximate surface area is 142 Å². The van der Waals surface area contributed by atoms with Gasteiger partial charge in [-0.05, 0) is 31.0 Å². The number of carbonyl (C=O) groups excluding carboxylic acids is 1. The molecule has 0 atom stereocenters. The minimum Gasteiger partial charge on any atom is -0.355 e. The molecule has 0 aliphatic rings. The van der Waals surface area contributed by atoms with E-state index in [-0.39, 0.29) is 10.8 Å². The fourth-order valence-electron chi connectivity index (χ4n) is 1.71. The average molecular weight is 372 g/mol. The van der Waals surface area contributed by atoms with Crippen LogP contribution in [0.15, 0.2) is 33.5 Å². The molecule has 0 saturated carbocycles. The summed E-state index contributed by atoms with van der Waals surface area (Å²) >= 11 is 2.81. The van der Waals surface area contributed by atoms with Gasteiger partial charge in [0.05, 0.1) is 10.6 Å². The van der Waals surface area contributed by atoms with Crippen molar-refractivity contribution >= 4 is 39.0 Å². The van der Waals surface area contributed by atoms with Gasteiger partial charge in [-0.2, -0.15) is 0 Å². The maximum atomic E-state index is 11.7. The number of thioether (sulfide) groups is 1. The van der Waals surface area contributed by atoms with E-state index in [4.69, 9.17) is 5.14 Å². The van der Waals surface area contributed by atoms with Gasteiger partial charge in [-0.1, -0.05) is 35.2 Å². The Balaban J connectivity index is 1.73. The Bertz CT molecular complexity index is 772. The van der Waals surface area contributed by atoms with Crippen molar-refractivity contribution in [3.05, 3.63) is 34.8 Å². The number of hydrogen-bond acceptors (Lipinski definition) is 7. The first kappa shape index (κ1) is 17.9. The maximum absolute atomic E-state index is 11.7. The molecular weight excluding hydrogens is 356 g/mol. The molecule has 0 bridgehead atoms. The van der Waals surface area contributed by atoms with Crippen LogP contribution in [0.1, 0.15) is 10.6 Å². The monoisotopic (exact) mass is 372 g/mol. The number of rotatable bonds is 7. The lowest BCUT2D eigenvalue weighted by Gasteiger charge is -2.05. The van der Waals surface area contributed by atoms with Crippen LogP contribution in [0, 0.1) is 6.92 Å².